The Hall–Kier alpha value is -4.41. The van der Waals surface area contributed by atoms with Crippen molar-refractivity contribution < 1.29 is 19.1 Å². The van der Waals surface area contributed by atoms with Crippen molar-refractivity contribution in [1.82, 2.24) is 20.2 Å². The molecule has 0 radical (unpaired) electrons. The van der Waals surface area contributed by atoms with Gasteiger partial charge in [0, 0.05) is 56.0 Å². The molecule has 1 aromatic heterocycles. The fourth-order valence-electron chi connectivity index (χ4n) is 5.65. The van der Waals surface area contributed by atoms with Gasteiger partial charge >= 0.3 is 0 Å². The Morgan fingerprint density at radius 2 is 1.93 bits per heavy atom. The minimum Gasteiger partial charge on any atom is -0.495 e. The second-order valence-corrected chi connectivity index (χ2v) is 11.0. The molecule has 2 aliphatic heterocycles. The number of fused-ring (bicyclic) bond motifs is 1. The van der Waals surface area contributed by atoms with Crippen molar-refractivity contribution in [3.8, 4) is 5.75 Å². The van der Waals surface area contributed by atoms with E-state index in [1.807, 2.05) is 6.08 Å². The van der Waals surface area contributed by atoms with Gasteiger partial charge in [-0.25, -0.2) is 4.98 Å². The molecule has 11 nitrogen and oxygen atoms in total. The van der Waals surface area contributed by atoms with Crippen molar-refractivity contribution in [3.63, 3.8) is 0 Å². The maximum absolute atomic E-state index is 13.0. The van der Waals surface area contributed by atoms with Gasteiger partial charge in [0.25, 0.3) is 5.91 Å². The maximum atomic E-state index is 13.0. The zero-order chi connectivity index (χ0) is 28.5. The molecule has 0 spiro atoms. The second kappa shape index (κ2) is 11.2. The molecule has 4 aliphatic rings. The van der Waals surface area contributed by atoms with E-state index in [2.05, 4.69) is 20.5 Å². The van der Waals surface area contributed by atoms with Crippen molar-refractivity contribution >= 4 is 40.9 Å². The average Bonchev–Trinajstić information content (AvgIpc) is 3.73. The lowest BCUT2D eigenvalue weighted by molar-refractivity contribution is -0.129. The minimum absolute atomic E-state index is 0.0511. The van der Waals surface area contributed by atoms with Crippen molar-refractivity contribution in [2.24, 2.45) is 5.92 Å². The molecule has 1 aromatic carbocycles. The lowest BCUT2D eigenvalue weighted by atomic mass is 10.1. The molecule has 41 heavy (non-hydrogen) atoms. The third kappa shape index (κ3) is 5.61. The van der Waals surface area contributed by atoms with Crippen molar-refractivity contribution in [1.29, 1.82) is 0 Å². The molecule has 2 saturated carbocycles. The quantitative estimate of drug-likeness (QED) is 0.529. The SMILES string of the molecule is COc1cc(C(=O)NC2=CCN(C(=O)C3CC3)C=C2)ccc1Nc1ncc2c(n1)N(C1CCCC1)CCC(=O)N2C. The Labute approximate surface area is 239 Å². The second-order valence-electron chi connectivity index (χ2n) is 11.0. The third-order valence-corrected chi connectivity index (χ3v) is 8.21. The maximum Gasteiger partial charge on any atom is 0.255 e. The average molecular weight is 558 g/mol. The summed E-state index contributed by atoms with van der Waals surface area (Å²) in [6.45, 7) is 1.07. The van der Waals surface area contributed by atoms with Gasteiger partial charge in [0.2, 0.25) is 17.8 Å². The number of methoxy groups -OCH3 is 1. The summed E-state index contributed by atoms with van der Waals surface area (Å²) in [5, 5.41) is 6.14. The van der Waals surface area contributed by atoms with Crippen LogP contribution in [0.3, 0.4) is 0 Å². The number of anilines is 4. The fourth-order valence-corrected chi connectivity index (χ4v) is 5.65. The van der Waals surface area contributed by atoms with Crippen LogP contribution in [0.15, 0.2) is 48.4 Å². The smallest absolute Gasteiger partial charge is 0.255 e. The summed E-state index contributed by atoms with van der Waals surface area (Å²) in [6.07, 6.45) is 13.9. The molecule has 6 rings (SSSR count). The summed E-state index contributed by atoms with van der Waals surface area (Å²) in [5.74, 6) is 1.66. The number of allylic oxidation sites excluding steroid dienone is 1. The highest BCUT2D eigenvalue weighted by molar-refractivity contribution is 5.98. The predicted molar refractivity (Wildman–Crippen MR) is 155 cm³/mol. The lowest BCUT2D eigenvalue weighted by Gasteiger charge is -2.30. The van der Waals surface area contributed by atoms with E-state index >= 15 is 0 Å². The van der Waals surface area contributed by atoms with Crippen LogP contribution in [0.25, 0.3) is 0 Å². The van der Waals surface area contributed by atoms with Gasteiger partial charge in [-0.1, -0.05) is 12.8 Å². The fraction of sp³-hybridized carbons (Fsp3) is 0.433. The van der Waals surface area contributed by atoms with Crippen LogP contribution in [0.5, 0.6) is 5.75 Å². The number of carbonyl (C=O) groups is 3. The van der Waals surface area contributed by atoms with Gasteiger partial charge in [0.1, 0.15) is 11.4 Å². The largest absolute Gasteiger partial charge is 0.495 e. The number of amides is 3. The predicted octanol–water partition coefficient (Wildman–Crippen LogP) is 3.72. The van der Waals surface area contributed by atoms with E-state index in [0.717, 1.165) is 31.5 Å². The van der Waals surface area contributed by atoms with Gasteiger partial charge in [-0.05, 0) is 56.0 Å². The number of ether oxygens (including phenoxy) is 1. The molecule has 2 aromatic rings. The highest BCUT2D eigenvalue weighted by atomic mass is 16.5. The summed E-state index contributed by atoms with van der Waals surface area (Å²) in [5.41, 5.74) is 2.38. The Balaban J connectivity index is 1.17. The van der Waals surface area contributed by atoms with Gasteiger partial charge in [-0.15, -0.1) is 0 Å². The molecule has 3 heterocycles. The van der Waals surface area contributed by atoms with Gasteiger partial charge in [-0.2, -0.15) is 4.98 Å². The van der Waals surface area contributed by atoms with Crippen LogP contribution in [0.2, 0.25) is 0 Å². The van der Waals surface area contributed by atoms with Gasteiger partial charge in [-0.3, -0.25) is 14.4 Å². The highest BCUT2D eigenvalue weighted by Crippen LogP contribution is 2.37. The Morgan fingerprint density at radius 1 is 1.12 bits per heavy atom. The van der Waals surface area contributed by atoms with E-state index in [-0.39, 0.29) is 23.6 Å². The summed E-state index contributed by atoms with van der Waals surface area (Å²) in [6, 6.07) is 5.48. The molecule has 2 aliphatic carbocycles. The summed E-state index contributed by atoms with van der Waals surface area (Å²) in [7, 11) is 3.31. The van der Waals surface area contributed by atoms with Crippen LogP contribution >= 0.6 is 0 Å². The standard InChI is InChI=1S/C30H35N7O4/c1-35-24-18-31-30(34-27(24)37(16-13-26(35)38)22-5-3-4-6-22)33-23-10-9-20(17-25(23)41-2)28(39)32-21-11-14-36(15-12-21)29(40)19-7-8-19/h9-12,14,17-19,22H,3-8,13,15-16H2,1-2H3,(H,32,39)(H,31,33,34). The van der Waals surface area contributed by atoms with Crippen LogP contribution in [0.4, 0.5) is 23.1 Å². The third-order valence-electron chi connectivity index (χ3n) is 8.21. The summed E-state index contributed by atoms with van der Waals surface area (Å²) < 4.78 is 5.60. The Morgan fingerprint density at radius 3 is 2.63 bits per heavy atom. The number of hydrogen-bond donors (Lipinski definition) is 2. The summed E-state index contributed by atoms with van der Waals surface area (Å²) >= 11 is 0. The first-order chi connectivity index (χ1) is 19.9. The molecule has 2 N–H and O–H groups in total. The molecule has 3 amide bonds. The molecule has 0 saturated heterocycles. The Kier molecular flexibility index (Phi) is 7.34. The number of benzene rings is 1. The molecular weight excluding hydrogens is 522 g/mol. The zero-order valence-electron chi connectivity index (χ0n) is 23.4. The number of aromatic nitrogens is 2. The molecule has 11 heteroatoms. The molecular formula is C30H35N7O4. The van der Waals surface area contributed by atoms with Crippen LogP contribution in [-0.2, 0) is 9.59 Å². The highest BCUT2D eigenvalue weighted by Gasteiger charge is 2.33. The van der Waals surface area contributed by atoms with Crippen LogP contribution in [-0.4, -0.2) is 65.9 Å². The van der Waals surface area contributed by atoms with E-state index in [0.29, 0.717) is 59.9 Å². The van der Waals surface area contributed by atoms with Gasteiger partial charge in [0.15, 0.2) is 5.82 Å². The van der Waals surface area contributed by atoms with Crippen molar-refractivity contribution in [2.45, 2.75) is 51.0 Å². The topological polar surface area (TPSA) is 120 Å². The van der Waals surface area contributed by atoms with Crippen LogP contribution < -0.4 is 25.2 Å². The van der Waals surface area contributed by atoms with Gasteiger partial charge < -0.3 is 30.1 Å². The van der Waals surface area contributed by atoms with E-state index < -0.39 is 0 Å². The first-order valence-corrected chi connectivity index (χ1v) is 14.3. The minimum atomic E-state index is -0.283. The van der Waals surface area contributed by atoms with Crippen molar-refractivity contribution in [3.05, 3.63) is 54.0 Å². The number of hydrogen-bond acceptors (Lipinski definition) is 8. The van der Waals surface area contributed by atoms with E-state index in [9.17, 15) is 14.4 Å². The normalized spacial score (nSPS) is 19.0. The van der Waals surface area contributed by atoms with Crippen LogP contribution in [0.1, 0.15) is 55.3 Å². The van der Waals surface area contributed by atoms with Gasteiger partial charge in [0.05, 0.1) is 19.0 Å². The first kappa shape index (κ1) is 26.8. The van der Waals surface area contributed by atoms with E-state index in [1.54, 1.807) is 60.6 Å². The lowest BCUT2D eigenvalue weighted by Crippen LogP contribution is -2.34. The number of carbonyl (C=O) groups excluding carboxylic acids is 3. The number of nitrogens with zero attached hydrogens (tertiary/aromatic N) is 5. The molecule has 0 atom stereocenters. The zero-order valence-corrected chi connectivity index (χ0v) is 23.4. The number of rotatable bonds is 7. The molecule has 214 valence electrons. The summed E-state index contributed by atoms with van der Waals surface area (Å²) in [4.78, 5) is 52.8. The number of nitrogens with one attached hydrogen (secondary N) is 2. The molecule has 2 fully saturated rings. The Bertz CT molecular complexity index is 1430. The molecule has 0 bridgehead atoms. The monoisotopic (exact) mass is 557 g/mol. The van der Waals surface area contributed by atoms with E-state index in [4.69, 9.17) is 9.72 Å². The van der Waals surface area contributed by atoms with E-state index in [1.165, 1.54) is 12.8 Å². The first-order valence-electron chi connectivity index (χ1n) is 14.3. The van der Waals surface area contributed by atoms with Crippen molar-refractivity contribution in [2.75, 3.05) is 42.4 Å². The van der Waals surface area contributed by atoms with Crippen LogP contribution in [0, 0.1) is 5.92 Å². The molecule has 0 unspecified atom stereocenters.